The lowest BCUT2D eigenvalue weighted by Gasteiger charge is -2.21. The molecule has 2 unspecified atom stereocenters. The van der Waals surface area contributed by atoms with Crippen molar-refractivity contribution in [2.75, 3.05) is 12.0 Å². The number of fused-ring (bicyclic) bond motifs is 3. The molecule has 0 spiro atoms. The highest BCUT2D eigenvalue weighted by Gasteiger charge is 2.28. The highest BCUT2D eigenvalue weighted by Crippen LogP contribution is 2.43. The highest BCUT2D eigenvalue weighted by atomic mass is 32.2. The van der Waals surface area contributed by atoms with Gasteiger partial charge in [-0.2, -0.15) is 0 Å². The first-order valence-electron chi connectivity index (χ1n) is 7.41. The average molecular weight is 299 g/mol. The summed E-state index contributed by atoms with van der Waals surface area (Å²) in [5, 5.41) is 3.71. The first-order chi connectivity index (χ1) is 10.2. The normalized spacial score (nSPS) is 16.3. The molecule has 0 heterocycles. The van der Waals surface area contributed by atoms with Crippen LogP contribution in [0.5, 0.6) is 0 Å². The summed E-state index contributed by atoms with van der Waals surface area (Å²) >= 11 is 0. The molecule has 0 saturated carbocycles. The summed E-state index contributed by atoms with van der Waals surface area (Å²) in [6.07, 6.45) is 2.71. The van der Waals surface area contributed by atoms with E-state index in [9.17, 15) is 4.21 Å². The molecule has 2 aromatic carbocycles. The molecule has 2 aromatic rings. The van der Waals surface area contributed by atoms with Crippen LogP contribution in [0.25, 0.3) is 11.1 Å². The van der Waals surface area contributed by atoms with Crippen molar-refractivity contribution in [3.8, 4) is 11.1 Å². The van der Waals surface area contributed by atoms with Crippen LogP contribution < -0.4 is 5.32 Å². The van der Waals surface area contributed by atoms with Gasteiger partial charge in [-0.05, 0) is 35.6 Å². The zero-order chi connectivity index (χ0) is 14.8. The summed E-state index contributed by atoms with van der Waals surface area (Å²) in [4.78, 5) is 0. The summed E-state index contributed by atoms with van der Waals surface area (Å²) in [5.74, 6) is 0.754. The molecule has 0 radical (unpaired) electrons. The van der Waals surface area contributed by atoms with E-state index in [2.05, 4.69) is 60.8 Å². The molecule has 0 aliphatic heterocycles. The second-order valence-corrected chi connectivity index (χ2v) is 7.30. The van der Waals surface area contributed by atoms with E-state index in [4.69, 9.17) is 0 Å². The number of hydrogen-bond donors (Lipinski definition) is 1. The Kier molecular flexibility index (Phi) is 4.22. The molecule has 0 amide bonds. The second kappa shape index (κ2) is 6.12. The summed E-state index contributed by atoms with van der Waals surface area (Å²) in [5.41, 5.74) is 5.36. The minimum absolute atomic E-state index is 0.248. The number of hydrogen-bond acceptors (Lipinski definition) is 2. The molecule has 110 valence electrons. The summed E-state index contributed by atoms with van der Waals surface area (Å²) < 4.78 is 11.3. The van der Waals surface area contributed by atoms with Crippen LogP contribution >= 0.6 is 0 Å². The monoisotopic (exact) mass is 299 g/mol. The molecule has 3 rings (SSSR count). The van der Waals surface area contributed by atoms with Crippen molar-refractivity contribution >= 4 is 10.8 Å². The van der Waals surface area contributed by atoms with Crippen molar-refractivity contribution in [2.45, 2.75) is 25.4 Å². The lowest BCUT2D eigenvalue weighted by atomic mass is 10.0. The topological polar surface area (TPSA) is 29.1 Å². The van der Waals surface area contributed by atoms with Gasteiger partial charge in [0.15, 0.2) is 0 Å². The van der Waals surface area contributed by atoms with E-state index in [1.807, 2.05) is 0 Å². The average Bonchev–Trinajstić information content (AvgIpc) is 2.80. The van der Waals surface area contributed by atoms with E-state index >= 15 is 0 Å². The lowest BCUT2D eigenvalue weighted by Crippen LogP contribution is -2.31. The third-order valence-electron chi connectivity index (χ3n) is 4.12. The first-order valence-corrected chi connectivity index (χ1v) is 9.14. The predicted octanol–water partition coefficient (Wildman–Crippen LogP) is 3.50. The van der Waals surface area contributed by atoms with Gasteiger partial charge in [0.25, 0.3) is 0 Å². The fourth-order valence-electron chi connectivity index (χ4n) is 3.05. The van der Waals surface area contributed by atoms with Gasteiger partial charge in [0.1, 0.15) is 0 Å². The Morgan fingerprint density at radius 1 is 1.05 bits per heavy atom. The van der Waals surface area contributed by atoms with Gasteiger partial charge in [0.2, 0.25) is 0 Å². The van der Waals surface area contributed by atoms with Crippen LogP contribution in [0.2, 0.25) is 0 Å². The Labute approximate surface area is 129 Å². The second-order valence-electron chi connectivity index (χ2n) is 5.74. The van der Waals surface area contributed by atoms with Gasteiger partial charge in [0.05, 0.1) is 6.04 Å². The molecule has 0 aromatic heterocycles. The van der Waals surface area contributed by atoms with Gasteiger partial charge in [-0.3, -0.25) is 4.21 Å². The maximum atomic E-state index is 11.3. The summed E-state index contributed by atoms with van der Waals surface area (Å²) in [6, 6.07) is 17.8. The third kappa shape index (κ3) is 2.94. The molecule has 2 atom stereocenters. The molecule has 1 aliphatic rings. The fourth-order valence-corrected chi connectivity index (χ4v) is 3.73. The Bertz CT molecular complexity index is 622. The predicted molar refractivity (Wildman–Crippen MR) is 89.9 cm³/mol. The maximum absolute atomic E-state index is 11.3. The van der Waals surface area contributed by atoms with E-state index < -0.39 is 10.8 Å². The standard InChI is InChI=1S/C18H21NOS/c1-13(11-12-21(2)20)19-18-16-9-5-3-7-14(16)15-8-4-6-10-17(15)18/h3-10,13,18-19H,11-12H2,1-2H3. The van der Waals surface area contributed by atoms with Crippen molar-refractivity contribution in [3.05, 3.63) is 59.7 Å². The molecule has 3 heteroatoms. The van der Waals surface area contributed by atoms with Crippen LogP contribution in [0.3, 0.4) is 0 Å². The van der Waals surface area contributed by atoms with E-state index in [0.717, 1.165) is 12.2 Å². The molecule has 2 nitrogen and oxygen atoms in total. The molecule has 1 N–H and O–H groups in total. The molecule has 0 bridgehead atoms. The van der Waals surface area contributed by atoms with Crippen molar-refractivity contribution < 1.29 is 4.21 Å². The molecular weight excluding hydrogens is 278 g/mol. The lowest BCUT2D eigenvalue weighted by molar-refractivity contribution is 0.494. The van der Waals surface area contributed by atoms with E-state index in [1.54, 1.807) is 6.26 Å². The van der Waals surface area contributed by atoms with E-state index in [1.165, 1.54) is 22.3 Å². The molecule has 0 fully saturated rings. The van der Waals surface area contributed by atoms with Crippen molar-refractivity contribution in [1.29, 1.82) is 0 Å². The third-order valence-corrected chi connectivity index (χ3v) is 4.93. The summed E-state index contributed by atoms with van der Waals surface area (Å²) in [7, 11) is -0.720. The number of rotatable bonds is 5. The van der Waals surface area contributed by atoms with Gasteiger partial charge in [0, 0.05) is 28.9 Å². The summed E-state index contributed by atoms with van der Waals surface area (Å²) in [6.45, 7) is 2.18. The van der Waals surface area contributed by atoms with Crippen LogP contribution in [0.15, 0.2) is 48.5 Å². The first kappa shape index (κ1) is 14.5. The zero-order valence-electron chi connectivity index (χ0n) is 12.5. The van der Waals surface area contributed by atoms with E-state index in [-0.39, 0.29) is 6.04 Å². The molecular formula is C18H21NOS. The number of benzene rings is 2. The van der Waals surface area contributed by atoms with Crippen LogP contribution in [0.4, 0.5) is 0 Å². The van der Waals surface area contributed by atoms with Gasteiger partial charge in [-0.1, -0.05) is 48.5 Å². The maximum Gasteiger partial charge on any atom is 0.0591 e. The minimum atomic E-state index is -0.720. The highest BCUT2D eigenvalue weighted by molar-refractivity contribution is 7.84. The van der Waals surface area contributed by atoms with Crippen molar-refractivity contribution in [3.63, 3.8) is 0 Å². The van der Waals surface area contributed by atoms with Crippen LogP contribution in [0.1, 0.15) is 30.5 Å². The van der Waals surface area contributed by atoms with Crippen LogP contribution in [-0.4, -0.2) is 22.3 Å². The molecule has 0 saturated heterocycles. The Hall–Kier alpha value is -1.45. The zero-order valence-corrected chi connectivity index (χ0v) is 13.3. The Morgan fingerprint density at radius 2 is 1.57 bits per heavy atom. The molecule has 21 heavy (non-hydrogen) atoms. The quantitative estimate of drug-likeness (QED) is 0.915. The van der Waals surface area contributed by atoms with Gasteiger partial charge >= 0.3 is 0 Å². The SMILES string of the molecule is CC(CCS(C)=O)NC1c2ccccc2-c2ccccc21. The van der Waals surface area contributed by atoms with Crippen LogP contribution in [0, 0.1) is 0 Å². The smallest absolute Gasteiger partial charge is 0.0591 e. The minimum Gasteiger partial charge on any atom is -0.304 e. The van der Waals surface area contributed by atoms with Crippen molar-refractivity contribution in [1.82, 2.24) is 5.32 Å². The van der Waals surface area contributed by atoms with Crippen LogP contribution in [-0.2, 0) is 10.8 Å². The largest absolute Gasteiger partial charge is 0.304 e. The number of nitrogens with one attached hydrogen (secondary N) is 1. The molecule has 1 aliphatic carbocycles. The van der Waals surface area contributed by atoms with Gasteiger partial charge < -0.3 is 5.32 Å². The van der Waals surface area contributed by atoms with E-state index in [0.29, 0.717) is 6.04 Å². The fraction of sp³-hybridized carbons (Fsp3) is 0.333. The Morgan fingerprint density at radius 3 is 2.10 bits per heavy atom. The van der Waals surface area contributed by atoms with Gasteiger partial charge in [-0.25, -0.2) is 0 Å². The van der Waals surface area contributed by atoms with Gasteiger partial charge in [-0.15, -0.1) is 0 Å². The Balaban J connectivity index is 1.87. The van der Waals surface area contributed by atoms with Crippen molar-refractivity contribution in [2.24, 2.45) is 0 Å².